The molecule has 0 aliphatic carbocycles. The highest BCUT2D eigenvalue weighted by molar-refractivity contribution is 6.31. The summed E-state index contributed by atoms with van der Waals surface area (Å²) in [6.07, 6.45) is 3.53. The van der Waals surface area contributed by atoms with Crippen molar-refractivity contribution in [1.29, 1.82) is 5.26 Å². The number of halogens is 2. The Hall–Kier alpha value is -3.08. The smallest absolute Gasteiger partial charge is 0.258 e. The summed E-state index contributed by atoms with van der Waals surface area (Å²) in [5.41, 5.74) is 0.994. The number of rotatable bonds is 4. The molecule has 8 heteroatoms. The lowest BCUT2D eigenvalue weighted by molar-refractivity contribution is 0.0625. The number of aryl methyl sites for hydroxylation is 1. The van der Waals surface area contributed by atoms with Crippen LogP contribution in [0.1, 0.15) is 27.2 Å². The summed E-state index contributed by atoms with van der Waals surface area (Å²) < 4.78 is 21.5. The molecule has 0 spiro atoms. The molecule has 1 aromatic carbocycles. The molecule has 6 nitrogen and oxygen atoms in total. The van der Waals surface area contributed by atoms with Crippen molar-refractivity contribution in [2.75, 3.05) is 26.2 Å². The number of nitrogens with zero attached hydrogens (tertiary/aromatic N) is 4. The topological polar surface area (TPSA) is 65.4 Å². The summed E-state index contributed by atoms with van der Waals surface area (Å²) in [6.45, 7) is 4.19. The summed E-state index contributed by atoms with van der Waals surface area (Å²) in [4.78, 5) is 16.9. The van der Waals surface area contributed by atoms with Gasteiger partial charge in [0.05, 0.1) is 0 Å². The molecule has 0 saturated carbocycles. The van der Waals surface area contributed by atoms with Crippen LogP contribution in [-0.4, -0.2) is 46.5 Å². The summed E-state index contributed by atoms with van der Waals surface area (Å²) >= 11 is 6.13. The van der Waals surface area contributed by atoms with Crippen molar-refractivity contribution in [3.8, 4) is 12.0 Å². The van der Waals surface area contributed by atoms with Gasteiger partial charge in [-0.3, -0.25) is 14.3 Å². The lowest BCUT2D eigenvalue weighted by Crippen LogP contribution is -2.48. The van der Waals surface area contributed by atoms with Crippen LogP contribution >= 0.6 is 11.6 Å². The average molecular weight is 427 g/mol. The van der Waals surface area contributed by atoms with Gasteiger partial charge in [-0.2, -0.15) is 5.26 Å². The van der Waals surface area contributed by atoms with Gasteiger partial charge in [0.1, 0.15) is 28.8 Å². The predicted octanol–water partition coefficient (Wildman–Crippen LogP) is 4.00. The van der Waals surface area contributed by atoms with Gasteiger partial charge < -0.3 is 9.32 Å². The number of benzene rings is 1. The molecule has 1 amide bonds. The number of piperazine rings is 1. The third kappa shape index (κ3) is 3.72. The summed E-state index contributed by atoms with van der Waals surface area (Å²) in [5.74, 6) is 0.206. The maximum atomic E-state index is 14.1. The first-order chi connectivity index (χ1) is 14.5. The molecule has 3 aromatic rings. The molecule has 0 unspecified atom stereocenters. The molecule has 1 saturated heterocycles. The van der Waals surface area contributed by atoms with E-state index < -0.39 is 0 Å². The van der Waals surface area contributed by atoms with Gasteiger partial charge in [0.2, 0.25) is 5.88 Å². The van der Waals surface area contributed by atoms with Crippen LogP contribution in [-0.2, 0) is 6.54 Å². The highest BCUT2D eigenvalue weighted by Gasteiger charge is 2.30. The molecule has 1 aliphatic heterocycles. The van der Waals surface area contributed by atoms with Gasteiger partial charge in [0.25, 0.3) is 5.91 Å². The van der Waals surface area contributed by atoms with E-state index in [1.165, 1.54) is 6.07 Å². The molecule has 4 rings (SSSR count). The molecule has 1 aliphatic rings. The lowest BCUT2D eigenvalue weighted by atomic mass is 10.1. The van der Waals surface area contributed by atoms with Gasteiger partial charge in [-0.1, -0.05) is 17.7 Å². The quantitative estimate of drug-likeness (QED) is 0.632. The maximum absolute atomic E-state index is 14.1. The van der Waals surface area contributed by atoms with Crippen LogP contribution < -0.4 is 0 Å². The molecule has 154 valence electrons. The van der Waals surface area contributed by atoms with Crippen LogP contribution in [0.5, 0.6) is 0 Å². The zero-order valence-electron chi connectivity index (χ0n) is 16.4. The Bertz CT molecular complexity index is 1090. The van der Waals surface area contributed by atoms with Gasteiger partial charge in [0.15, 0.2) is 0 Å². The molecular formula is C22H20ClFN4O2. The number of nitriles is 1. The van der Waals surface area contributed by atoms with E-state index in [0.29, 0.717) is 60.5 Å². The molecule has 30 heavy (non-hydrogen) atoms. The Morgan fingerprint density at radius 2 is 1.90 bits per heavy atom. The van der Waals surface area contributed by atoms with Crippen LogP contribution in [0.2, 0.25) is 5.02 Å². The van der Waals surface area contributed by atoms with Crippen molar-refractivity contribution in [2.24, 2.45) is 0 Å². The second-order valence-electron chi connectivity index (χ2n) is 7.18. The minimum atomic E-state index is -0.328. The number of carbonyl (C=O) groups excluding carboxylic acids is 1. The highest BCUT2D eigenvalue weighted by atomic mass is 35.5. The Balaban J connectivity index is 1.48. The standard InChI is InChI=1S/C22H20ClFN4O2/c1-15-20(16(13-25)22(30-15)28-7-2-3-8-28)21(29)27-11-9-26(10-12-27)14-17-18(23)5-4-6-19(17)24/h2-8H,9-12,14H2,1H3. The molecule has 3 heterocycles. The number of furan rings is 1. The van der Waals surface area contributed by atoms with Gasteiger partial charge in [-0.25, -0.2) is 4.39 Å². The minimum absolute atomic E-state index is 0.227. The zero-order chi connectivity index (χ0) is 21.3. The first-order valence-corrected chi connectivity index (χ1v) is 9.98. The van der Waals surface area contributed by atoms with E-state index in [9.17, 15) is 14.4 Å². The second kappa shape index (κ2) is 8.34. The van der Waals surface area contributed by atoms with Crippen molar-refractivity contribution < 1.29 is 13.6 Å². The Morgan fingerprint density at radius 1 is 1.20 bits per heavy atom. The van der Waals surface area contributed by atoms with E-state index >= 15 is 0 Å². The summed E-state index contributed by atoms with van der Waals surface area (Å²) in [6, 6.07) is 10.4. The summed E-state index contributed by atoms with van der Waals surface area (Å²) in [5, 5.41) is 10.1. The number of hydrogen-bond donors (Lipinski definition) is 0. The lowest BCUT2D eigenvalue weighted by Gasteiger charge is -2.34. The number of hydrogen-bond acceptors (Lipinski definition) is 4. The van der Waals surface area contributed by atoms with E-state index in [1.54, 1.807) is 40.9 Å². The van der Waals surface area contributed by atoms with Crippen molar-refractivity contribution in [1.82, 2.24) is 14.4 Å². The van der Waals surface area contributed by atoms with Gasteiger partial charge in [-0.05, 0) is 31.2 Å². The summed E-state index contributed by atoms with van der Waals surface area (Å²) in [7, 11) is 0. The molecule has 1 fully saturated rings. The van der Waals surface area contributed by atoms with E-state index in [1.807, 2.05) is 12.1 Å². The van der Waals surface area contributed by atoms with E-state index in [-0.39, 0.29) is 17.3 Å². The third-order valence-corrected chi connectivity index (χ3v) is 5.69. The Labute approximate surface area is 178 Å². The van der Waals surface area contributed by atoms with Crippen molar-refractivity contribution in [3.63, 3.8) is 0 Å². The number of aromatic nitrogens is 1. The van der Waals surface area contributed by atoms with Crippen molar-refractivity contribution in [3.05, 3.63) is 76.0 Å². The molecule has 0 radical (unpaired) electrons. The van der Waals surface area contributed by atoms with Crippen molar-refractivity contribution >= 4 is 17.5 Å². The van der Waals surface area contributed by atoms with E-state index in [4.69, 9.17) is 16.0 Å². The molecule has 0 bridgehead atoms. The second-order valence-corrected chi connectivity index (χ2v) is 7.59. The maximum Gasteiger partial charge on any atom is 0.258 e. The van der Waals surface area contributed by atoms with Crippen LogP contribution in [0.15, 0.2) is 47.1 Å². The Morgan fingerprint density at radius 3 is 2.53 bits per heavy atom. The molecule has 0 N–H and O–H groups in total. The minimum Gasteiger partial charge on any atom is -0.443 e. The molecule has 2 aromatic heterocycles. The number of amides is 1. The SMILES string of the molecule is Cc1oc(-n2cccc2)c(C#N)c1C(=O)N1CCN(Cc2c(F)cccc2Cl)CC1. The fraction of sp³-hybridized carbons (Fsp3) is 0.273. The normalized spacial score (nSPS) is 14.7. The first-order valence-electron chi connectivity index (χ1n) is 9.61. The predicted molar refractivity (Wildman–Crippen MR) is 110 cm³/mol. The average Bonchev–Trinajstić information content (AvgIpc) is 3.38. The molecule has 0 atom stereocenters. The van der Waals surface area contributed by atoms with Crippen LogP contribution in [0.25, 0.3) is 5.88 Å². The van der Waals surface area contributed by atoms with Gasteiger partial charge >= 0.3 is 0 Å². The van der Waals surface area contributed by atoms with E-state index in [0.717, 1.165) is 0 Å². The fourth-order valence-electron chi connectivity index (χ4n) is 3.72. The van der Waals surface area contributed by atoms with Crippen LogP contribution in [0, 0.1) is 24.1 Å². The van der Waals surface area contributed by atoms with Crippen molar-refractivity contribution in [2.45, 2.75) is 13.5 Å². The highest BCUT2D eigenvalue weighted by Crippen LogP contribution is 2.27. The van der Waals surface area contributed by atoms with Gasteiger partial charge in [-0.15, -0.1) is 0 Å². The first kappa shape index (κ1) is 20.2. The van der Waals surface area contributed by atoms with Crippen LogP contribution in [0.3, 0.4) is 0 Å². The third-order valence-electron chi connectivity index (χ3n) is 5.33. The fourth-order valence-corrected chi connectivity index (χ4v) is 3.94. The Kier molecular flexibility index (Phi) is 5.62. The molecular weight excluding hydrogens is 407 g/mol. The van der Waals surface area contributed by atoms with Crippen LogP contribution in [0.4, 0.5) is 4.39 Å². The monoisotopic (exact) mass is 426 g/mol. The van der Waals surface area contributed by atoms with E-state index in [2.05, 4.69) is 11.0 Å². The number of carbonyl (C=O) groups is 1. The largest absolute Gasteiger partial charge is 0.443 e. The van der Waals surface area contributed by atoms with Gasteiger partial charge in [0, 0.05) is 55.7 Å². The zero-order valence-corrected chi connectivity index (χ0v) is 17.2.